The Labute approximate surface area is 146 Å². The molecule has 0 aliphatic rings. The van der Waals surface area contributed by atoms with Gasteiger partial charge in [-0.3, -0.25) is 14.5 Å². The first-order valence-electron chi connectivity index (χ1n) is 6.85. The minimum Gasteiger partial charge on any atom is -0.295 e. The third-order valence-corrected chi connectivity index (χ3v) is 4.81. The lowest BCUT2D eigenvalue weighted by molar-refractivity contribution is 0.102. The smallest absolute Gasteiger partial charge is 0.276 e. The van der Waals surface area contributed by atoms with Crippen LogP contribution in [-0.2, 0) is 0 Å². The summed E-state index contributed by atoms with van der Waals surface area (Å²) in [4.78, 5) is 16.9. The van der Waals surface area contributed by atoms with Crippen molar-refractivity contribution >= 4 is 51.2 Å². The molecule has 120 valence electrons. The fourth-order valence-electron chi connectivity index (χ4n) is 2.13. The maximum Gasteiger partial charge on any atom is 0.276 e. The summed E-state index contributed by atoms with van der Waals surface area (Å²) < 4.78 is 1.58. The summed E-state index contributed by atoms with van der Waals surface area (Å²) in [5.74, 6) is -0.0758. The van der Waals surface area contributed by atoms with Crippen LogP contribution in [0.2, 0.25) is 10.0 Å². The van der Waals surface area contributed by atoms with E-state index in [4.69, 9.17) is 23.2 Å². The van der Waals surface area contributed by atoms with E-state index < -0.39 is 0 Å². The van der Waals surface area contributed by atoms with Crippen LogP contribution in [0.5, 0.6) is 0 Å². The van der Waals surface area contributed by atoms with Crippen molar-refractivity contribution in [2.24, 2.45) is 0 Å². The number of pyridine rings is 1. The van der Waals surface area contributed by atoms with Gasteiger partial charge in [0.15, 0.2) is 5.65 Å². The lowest BCUT2D eigenvalue weighted by Gasteiger charge is -2.04. The first kappa shape index (κ1) is 16.2. The molecule has 0 atom stereocenters. The van der Waals surface area contributed by atoms with Crippen LogP contribution >= 0.6 is 34.5 Å². The molecule has 0 aromatic carbocycles. The second-order valence-corrected chi connectivity index (χ2v) is 7.15. The number of hydrogen-bond donors (Lipinski definition) is 1. The molecule has 3 rings (SSSR count). The number of rotatable bonds is 3. The fourth-order valence-corrected chi connectivity index (χ4v) is 3.39. The van der Waals surface area contributed by atoms with Gasteiger partial charge in [-0.2, -0.15) is 0 Å². The number of anilines is 1. The number of aromatic nitrogens is 4. The first-order chi connectivity index (χ1) is 10.9. The predicted octanol–water partition coefficient (Wildman–Crippen LogP) is 4.18. The van der Waals surface area contributed by atoms with Gasteiger partial charge in [0.2, 0.25) is 5.13 Å². The van der Waals surface area contributed by atoms with Gasteiger partial charge in [0.25, 0.3) is 5.91 Å². The zero-order valence-corrected chi connectivity index (χ0v) is 14.9. The molecule has 0 saturated heterocycles. The van der Waals surface area contributed by atoms with Crippen LogP contribution in [0.3, 0.4) is 0 Å². The average molecular weight is 370 g/mol. The zero-order chi connectivity index (χ0) is 16.7. The summed E-state index contributed by atoms with van der Waals surface area (Å²) in [6.45, 7) is 5.78. The second kappa shape index (κ2) is 6.07. The maximum absolute atomic E-state index is 12.6. The quantitative estimate of drug-likeness (QED) is 0.751. The molecule has 1 amide bonds. The Hall–Kier alpha value is -1.70. The molecule has 0 saturated carbocycles. The van der Waals surface area contributed by atoms with Gasteiger partial charge in [-0.25, -0.2) is 4.98 Å². The molecule has 6 nitrogen and oxygen atoms in total. The third kappa shape index (κ3) is 3.04. The normalized spacial score (nSPS) is 11.4. The highest BCUT2D eigenvalue weighted by Crippen LogP contribution is 2.26. The maximum atomic E-state index is 12.6. The number of imidazole rings is 1. The Kier molecular flexibility index (Phi) is 4.27. The number of nitrogens with zero attached hydrogens (tertiary/aromatic N) is 4. The first-order valence-corrected chi connectivity index (χ1v) is 8.42. The van der Waals surface area contributed by atoms with Gasteiger partial charge in [0, 0.05) is 12.1 Å². The Morgan fingerprint density at radius 1 is 1.35 bits per heavy atom. The van der Waals surface area contributed by atoms with E-state index in [0.29, 0.717) is 32.2 Å². The fraction of sp³-hybridized carbons (Fsp3) is 0.286. The second-order valence-electron chi connectivity index (χ2n) is 5.30. The molecule has 0 radical (unpaired) electrons. The standard InChI is InChI=1S/C14H13Cl2N5OS/c1-6(2)13-19-20-14(23-13)18-12(22)10-7(3)17-11-9(16)4-8(15)5-21(10)11/h4-6H,1-3H3,(H,18,20,22). The molecular formula is C14H13Cl2N5OS. The Morgan fingerprint density at radius 2 is 2.09 bits per heavy atom. The monoisotopic (exact) mass is 369 g/mol. The number of halogens is 2. The number of fused-ring (bicyclic) bond motifs is 1. The molecule has 0 fully saturated rings. The number of hydrogen-bond acceptors (Lipinski definition) is 5. The molecule has 0 aliphatic carbocycles. The van der Waals surface area contributed by atoms with Crippen molar-refractivity contribution < 1.29 is 4.79 Å². The molecule has 0 unspecified atom stereocenters. The van der Waals surface area contributed by atoms with Crippen LogP contribution in [0.1, 0.15) is 41.0 Å². The van der Waals surface area contributed by atoms with Gasteiger partial charge < -0.3 is 0 Å². The molecule has 23 heavy (non-hydrogen) atoms. The summed E-state index contributed by atoms with van der Waals surface area (Å²) in [5.41, 5.74) is 1.41. The van der Waals surface area contributed by atoms with E-state index in [1.807, 2.05) is 13.8 Å². The van der Waals surface area contributed by atoms with E-state index in [1.165, 1.54) is 11.3 Å². The number of aryl methyl sites for hydroxylation is 1. The van der Waals surface area contributed by atoms with E-state index in [9.17, 15) is 4.79 Å². The Morgan fingerprint density at radius 3 is 2.74 bits per heavy atom. The topological polar surface area (TPSA) is 72.2 Å². The zero-order valence-electron chi connectivity index (χ0n) is 12.6. The van der Waals surface area contributed by atoms with E-state index in [0.717, 1.165) is 5.01 Å². The average Bonchev–Trinajstić information content (AvgIpc) is 3.03. The number of carbonyl (C=O) groups is 1. The molecule has 0 spiro atoms. The van der Waals surface area contributed by atoms with Crippen molar-refractivity contribution in [1.29, 1.82) is 0 Å². The number of nitrogens with one attached hydrogen (secondary N) is 1. The van der Waals surface area contributed by atoms with Crippen molar-refractivity contribution in [2.45, 2.75) is 26.7 Å². The van der Waals surface area contributed by atoms with Crippen molar-refractivity contribution in [1.82, 2.24) is 19.6 Å². The van der Waals surface area contributed by atoms with E-state index >= 15 is 0 Å². The molecule has 3 aromatic rings. The molecule has 1 N–H and O–H groups in total. The van der Waals surface area contributed by atoms with Crippen LogP contribution in [0.25, 0.3) is 5.65 Å². The number of amides is 1. The summed E-state index contributed by atoms with van der Waals surface area (Å²) in [7, 11) is 0. The molecule has 0 aliphatic heterocycles. The van der Waals surface area contributed by atoms with Gasteiger partial charge in [-0.15, -0.1) is 10.2 Å². The lowest BCUT2D eigenvalue weighted by atomic mass is 10.2. The van der Waals surface area contributed by atoms with Crippen LogP contribution in [-0.4, -0.2) is 25.5 Å². The summed E-state index contributed by atoms with van der Waals surface area (Å²) in [6, 6.07) is 1.59. The summed E-state index contributed by atoms with van der Waals surface area (Å²) in [5, 5.41) is 12.9. The molecular weight excluding hydrogens is 357 g/mol. The van der Waals surface area contributed by atoms with Crippen molar-refractivity contribution in [3.8, 4) is 0 Å². The molecule has 3 aromatic heterocycles. The van der Waals surface area contributed by atoms with Gasteiger partial charge in [0.05, 0.1) is 15.7 Å². The van der Waals surface area contributed by atoms with Crippen molar-refractivity contribution in [2.75, 3.05) is 5.32 Å². The number of carbonyl (C=O) groups excluding carboxylic acids is 1. The SMILES string of the molecule is Cc1nc2c(Cl)cc(Cl)cn2c1C(=O)Nc1nnc(C(C)C)s1. The van der Waals surface area contributed by atoms with Gasteiger partial charge >= 0.3 is 0 Å². The third-order valence-electron chi connectivity index (χ3n) is 3.19. The van der Waals surface area contributed by atoms with Gasteiger partial charge in [-0.05, 0) is 13.0 Å². The largest absolute Gasteiger partial charge is 0.295 e. The molecule has 0 bridgehead atoms. The predicted molar refractivity (Wildman–Crippen MR) is 91.9 cm³/mol. The minimum absolute atomic E-state index is 0.258. The van der Waals surface area contributed by atoms with E-state index in [2.05, 4.69) is 20.5 Å². The van der Waals surface area contributed by atoms with E-state index in [-0.39, 0.29) is 11.8 Å². The van der Waals surface area contributed by atoms with Crippen molar-refractivity contribution in [3.05, 3.63) is 38.7 Å². The molecule has 3 heterocycles. The van der Waals surface area contributed by atoms with Gasteiger partial charge in [-0.1, -0.05) is 48.4 Å². The van der Waals surface area contributed by atoms with Crippen LogP contribution < -0.4 is 5.32 Å². The van der Waals surface area contributed by atoms with Crippen molar-refractivity contribution in [3.63, 3.8) is 0 Å². The summed E-state index contributed by atoms with van der Waals surface area (Å²) >= 11 is 13.5. The van der Waals surface area contributed by atoms with Gasteiger partial charge in [0.1, 0.15) is 10.7 Å². The van der Waals surface area contributed by atoms with E-state index in [1.54, 1.807) is 23.6 Å². The van der Waals surface area contributed by atoms with Crippen LogP contribution in [0.4, 0.5) is 5.13 Å². The highest BCUT2D eigenvalue weighted by Gasteiger charge is 2.20. The van der Waals surface area contributed by atoms with Crippen LogP contribution in [0.15, 0.2) is 12.3 Å². The van der Waals surface area contributed by atoms with Crippen LogP contribution in [0, 0.1) is 6.92 Å². The highest BCUT2D eigenvalue weighted by molar-refractivity contribution is 7.15. The molecule has 9 heteroatoms. The highest BCUT2D eigenvalue weighted by atomic mass is 35.5. The Bertz CT molecular complexity index is 902. The minimum atomic E-state index is -0.334. The Balaban J connectivity index is 1.98. The lowest BCUT2D eigenvalue weighted by Crippen LogP contribution is -2.15. The summed E-state index contributed by atoms with van der Waals surface area (Å²) in [6.07, 6.45) is 1.61.